The van der Waals surface area contributed by atoms with Crippen LogP contribution in [0.5, 0.6) is 0 Å². The topological polar surface area (TPSA) is 52.6 Å². The standard InChI is InChI=1S/C22H22O4/c1-21-13-9-5-7-11-15(13)22(2,16-12-8-6-10-14(16)21)18(20(24)26-4)17(21)19(23)25-3/h5-12,17-18H,1-4H3/t17-,18+,21?,22?. The third-order valence-electron chi connectivity index (χ3n) is 6.58. The number of ether oxygens (including phenoxy) is 2. The Balaban J connectivity index is 2.16. The second-order valence-electron chi connectivity index (χ2n) is 7.50. The van der Waals surface area contributed by atoms with Gasteiger partial charge in [0.05, 0.1) is 26.1 Å². The lowest BCUT2D eigenvalue weighted by molar-refractivity contribution is -0.164. The van der Waals surface area contributed by atoms with E-state index in [1.54, 1.807) is 0 Å². The van der Waals surface area contributed by atoms with Gasteiger partial charge in [-0.3, -0.25) is 9.59 Å². The minimum absolute atomic E-state index is 0.377. The minimum atomic E-state index is -0.656. The van der Waals surface area contributed by atoms with Crippen molar-refractivity contribution in [3.63, 3.8) is 0 Å². The van der Waals surface area contributed by atoms with Gasteiger partial charge in [0.25, 0.3) is 0 Å². The first-order chi connectivity index (χ1) is 12.4. The molecule has 0 saturated carbocycles. The predicted molar refractivity (Wildman–Crippen MR) is 96.8 cm³/mol. The Morgan fingerprint density at radius 2 is 0.962 bits per heavy atom. The fraction of sp³-hybridized carbons (Fsp3) is 0.364. The molecule has 0 spiro atoms. The number of hydrogen-bond donors (Lipinski definition) is 0. The summed E-state index contributed by atoms with van der Waals surface area (Å²) >= 11 is 0. The molecule has 2 atom stereocenters. The molecule has 2 bridgehead atoms. The van der Waals surface area contributed by atoms with Crippen molar-refractivity contribution in [1.29, 1.82) is 0 Å². The van der Waals surface area contributed by atoms with Crippen LogP contribution in [0.1, 0.15) is 36.1 Å². The first-order valence-electron chi connectivity index (χ1n) is 8.78. The largest absolute Gasteiger partial charge is 0.469 e. The molecule has 5 rings (SSSR count). The van der Waals surface area contributed by atoms with Gasteiger partial charge in [-0.2, -0.15) is 0 Å². The molecule has 0 aliphatic heterocycles. The molecule has 0 fully saturated rings. The smallest absolute Gasteiger partial charge is 0.310 e. The third kappa shape index (κ3) is 1.74. The normalized spacial score (nSPS) is 30.9. The number of fused-ring (bicyclic) bond motifs is 1. The molecule has 3 aliphatic carbocycles. The van der Waals surface area contributed by atoms with Crippen LogP contribution in [-0.4, -0.2) is 26.2 Å². The number of methoxy groups -OCH3 is 2. The fourth-order valence-corrected chi connectivity index (χ4v) is 5.40. The van der Waals surface area contributed by atoms with Gasteiger partial charge in [-0.15, -0.1) is 0 Å². The average molecular weight is 350 g/mol. The van der Waals surface area contributed by atoms with Crippen molar-refractivity contribution < 1.29 is 19.1 Å². The highest BCUT2D eigenvalue weighted by Crippen LogP contribution is 2.64. The van der Waals surface area contributed by atoms with Gasteiger partial charge in [-0.05, 0) is 22.3 Å². The Morgan fingerprint density at radius 1 is 0.692 bits per heavy atom. The molecule has 134 valence electrons. The Hall–Kier alpha value is -2.62. The van der Waals surface area contributed by atoms with Crippen molar-refractivity contribution in [2.75, 3.05) is 14.2 Å². The number of esters is 2. The van der Waals surface area contributed by atoms with E-state index in [0.717, 1.165) is 22.3 Å². The summed E-state index contributed by atoms with van der Waals surface area (Å²) in [7, 11) is 2.75. The summed E-state index contributed by atoms with van der Waals surface area (Å²) in [6, 6.07) is 16.2. The zero-order valence-electron chi connectivity index (χ0n) is 15.4. The van der Waals surface area contributed by atoms with Crippen molar-refractivity contribution in [3.8, 4) is 0 Å². The van der Waals surface area contributed by atoms with Gasteiger partial charge >= 0.3 is 11.9 Å². The molecule has 0 aromatic heterocycles. The Kier molecular flexibility index (Phi) is 3.52. The molecule has 26 heavy (non-hydrogen) atoms. The van der Waals surface area contributed by atoms with Crippen LogP contribution < -0.4 is 0 Å². The molecule has 3 aliphatic rings. The Bertz CT molecular complexity index is 792. The van der Waals surface area contributed by atoms with Crippen LogP contribution in [0, 0.1) is 11.8 Å². The minimum Gasteiger partial charge on any atom is -0.469 e. The number of benzene rings is 2. The quantitative estimate of drug-likeness (QED) is 0.781. The molecule has 0 saturated heterocycles. The maximum Gasteiger partial charge on any atom is 0.310 e. The summed E-state index contributed by atoms with van der Waals surface area (Å²) < 4.78 is 10.3. The lowest BCUT2D eigenvalue weighted by Crippen LogP contribution is -2.62. The molecule has 0 radical (unpaired) electrons. The van der Waals surface area contributed by atoms with Gasteiger partial charge in [0.15, 0.2) is 0 Å². The zero-order chi connectivity index (χ0) is 18.7. The Morgan fingerprint density at radius 3 is 1.19 bits per heavy atom. The summed E-state index contributed by atoms with van der Waals surface area (Å²) in [5.74, 6) is -2.04. The lowest BCUT2D eigenvalue weighted by Gasteiger charge is -2.59. The van der Waals surface area contributed by atoms with Gasteiger partial charge in [-0.25, -0.2) is 0 Å². The molecule has 4 heteroatoms. The molecule has 2 aromatic carbocycles. The highest BCUT2D eigenvalue weighted by atomic mass is 16.5. The van der Waals surface area contributed by atoms with Crippen LogP contribution in [0.3, 0.4) is 0 Å². The van der Waals surface area contributed by atoms with Crippen molar-refractivity contribution in [1.82, 2.24) is 0 Å². The van der Waals surface area contributed by atoms with E-state index >= 15 is 0 Å². The summed E-state index contributed by atoms with van der Waals surface area (Å²) in [5.41, 5.74) is 3.01. The molecule has 2 aromatic rings. The van der Waals surface area contributed by atoms with Gasteiger partial charge in [-0.1, -0.05) is 62.4 Å². The van der Waals surface area contributed by atoms with Gasteiger partial charge < -0.3 is 9.47 Å². The molecular weight excluding hydrogens is 328 g/mol. The maximum atomic E-state index is 12.9. The summed E-state index contributed by atoms with van der Waals surface area (Å²) in [6.07, 6.45) is 0. The van der Waals surface area contributed by atoms with Crippen LogP contribution in [0.25, 0.3) is 0 Å². The zero-order valence-corrected chi connectivity index (χ0v) is 15.4. The number of rotatable bonds is 2. The highest BCUT2D eigenvalue weighted by molar-refractivity contribution is 5.90. The molecular formula is C22H22O4. The van der Waals surface area contributed by atoms with E-state index in [2.05, 4.69) is 24.3 Å². The molecule has 0 amide bonds. The van der Waals surface area contributed by atoms with Crippen LogP contribution in [-0.2, 0) is 29.9 Å². The van der Waals surface area contributed by atoms with Crippen molar-refractivity contribution in [2.24, 2.45) is 11.8 Å². The first kappa shape index (κ1) is 16.8. The van der Waals surface area contributed by atoms with Crippen LogP contribution in [0.15, 0.2) is 48.5 Å². The van der Waals surface area contributed by atoms with Crippen LogP contribution >= 0.6 is 0 Å². The molecule has 0 heterocycles. The fourth-order valence-electron chi connectivity index (χ4n) is 5.40. The molecule has 4 nitrogen and oxygen atoms in total. The summed E-state index contributed by atoms with van der Waals surface area (Å²) in [6.45, 7) is 4.09. The van der Waals surface area contributed by atoms with Gasteiger partial charge in [0.1, 0.15) is 0 Å². The van der Waals surface area contributed by atoms with E-state index in [9.17, 15) is 9.59 Å². The molecule has 0 N–H and O–H groups in total. The van der Waals surface area contributed by atoms with E-state index < -0.39 is 22.7 Å². The monoisotopic (exact) mass is 350 g/mol. The summed E-state index contributed by atoms with van der Waals surface area (Å²) in [5, 5.41) is 0. The van der Waals surface area contributed by atoms with E-state index in [0.29, 0.717) is 0 Å². The number of hydrogen-bond acceptors (Lipinski definition) is 4. The third-order valence-corrected chi connectivity index (χ3v) is 6.58. The second-order valence-corrected chi connectivity index (χ2v) is 7.50. The van der Waals surface area contributed by atoms with Crippen molar-refractivity contribution in [2.45, 2.75) is 24.7 Å². The van der Waals surface area contributed by atoms with Gasteiger partial charge in [0, 0.05) is 10.8 Å². The predicted octanol–water partition coefficient (Wildman–Crippen LogP) is 3.20. The van der Waals surface area contributed by atoms with E-state index in [1.165, 1.54) is 14.2 Å². The number of carbonyl (C=O) groups is 2. The SMILES string of the molecule is COC(=O)[C@@H]1[C@H](C(=O)OC)C2(C)c3ccccc3C1(C)c1ccccc12. The number of carbonyl (C=O) groups excluding carboxylic acids is 2. The average Bonchev–Trinajstić information content (AvgIpc) is 2.68. The Labute approximate surface area is 153 Å². The van der Waals surface area contributed by atoms with Gasteiger partial charge in [0.2, 0.25) is 0 Å². The molecule has 0 unspecified atom stereocenters. The second kappa shape index (κ2) is 5.44. The van der Waals surface area contributed by atoms with Crippen LogP contribution in [0.4, 0.5) is 0 Å². The van der Waals surface area contributed by atoms with E-state index in [-0.39, 0.29) is 11.9 Å². The summed E-state index contributed by atoms with van der Waals surface area (Å²) in [4.78, 5) is 25.8. The highest BCUT2D eigenvalue weighted by Gasteiger charge is 2.66. The van der Waals surface area contributed by atoms with Crippen LogP contribution in [0.2, 0.25) is 0 Å². The maximum absolute atomic E-state index is 12.9. The van der Waals surface area contributed by atoms with Crippen molar-refractivity contribution >= 4 is 11.9 Å². The van der Waals surface area contributed by atoms with E-state index in [4.69, 9.17) is 9.47 Å². The van der Waals surface area contributed by atoms with E-state index in [1.807, 2.05) is 38.1 Å². The lowest BCUT2D eigenvalue weighted by atomic mass is 9.42. The first-order valence-corrected chi connectivity index (χ1v) is 8.78. The van der Waals surface area contributed by atoms with Crippen molar-refractivity contribution in [3.05, 3.63) is 70.8 Å².